The molecular weight excluding hydrogens is 382 g/mol. The molecule has 30 heavy (non-hydrogen) atoms. The van der Waals surface area contributed by atoms with Crippen LogP contribution in [0.25, 0.3) is 10.9 Å². The van der Waals surface area contributed by atoms with E-state index in [1.165, 1.54) is 0 Å². The molecule has 8 nitrogen and oxygen atoms in total. The second kappa shape index (κ2) is 9.04. The van der Waals surface area contributed by atoms with Crippen LogP contribution < -0.4 is 15.6 Å². The van der Waals surface area contributed by atoms with Crippen molar-refractivity contribution in [3.05, 3.63) is 64.4 Å². The van der Waals surface area contributed by atoms with Gasteiger partial charge in [0.1, 0.15) is 17.8 Å². The highest BCUT2D eigenvalue weighted by Gasteiger charge is 2.24. The predicted octanol–water partition coefficient (Wildman–Crippen LogP) is 1.75. The van der Waals surface area contributed by atoms with Gasteiger partial charge in [0.2, 0.25) is 5.91 Å². The van der Waals surface area contributed by atoms with Crippen LogP contribution in [0.15, 0.2) is 53.3 Å². The quantitative estimate of drug-likeness (QED) is 0.642. The fourth-order valence-corrected chi connectivity index (χ4v) is 3.89. The molecular formula is C22H25N5O3. The number of nitrogens with one attached hydrogen (secondary N) is 1. The minimum absolute atomic E-state index is 0.0472. The van der Waals surface area contributed by atoms with E-state index >= 15 is 0 Å². The molecule has 0 saturated carbocycles. The van der Waals surface area contributed by atoms with Crippen LogP contribution in [0, 0.1) is 0 Å². The average Bonchev–Trinajstić information content (AvgIpc) is 3.31. The van der Waals surface area contributed by atoms with Gasteiger partial charge in [-0.05, 0) is 55.8 Å². The molecule has 4 rings (SSSR count). The fourth-order valence-electron chi connectivity index (χ4n) is 3.89. The van der Waals surface area contributed by atoms with Gasteiger partial charge in [-0.1, -0.05) is 29.5 Å². The molecule has 156 valence electrons. The maximum atomic E-state index is 12.6. The number of rotatable bonds is 7. The minimum atomic E-state index is -0.320. The summed E-state index contributed by atoms with van der Waals surface area (Å²) in [5, 5.41) is 11.4. The van der Waals surface area contributed by atoms with Gasteiger partial charge in [0.15, 0.2) is 0 Å². The van der Waals surface area contributed by atoms with Gasteiger partial charge in [-0.2, -0.15) is 0 Å². The molecule has 0 spiro atoms. The molecule has 1 aliphatic heterocycles. The van der Waals surface area contributed by atoms with Crippen molar-refractivity contribution in [3.8, 4) is 5.75 Å². The Bertz CT molecular complexity index is 1090. The van der Waals surface area contributed by atoms with Crippen molar-refractivity contribution in [2.45, 2.75) is 25.4 Å². The van der Waals surface area contributed by atoms with E-state index in [2.05, 4.69) is 26.6 Å². The zero-order valence-corrected chi connectivity index (χ0v) is 17.0. The van der Waals surface area contributed by atoms with Crippen LogP contribution >= 0.6 is 0 Å². The normalized spacial score (nSPS) is 15.2. The summed E-state index contributed by atoms with van der Waals surface area (Å²) in [6.45, 7) is 2.27. The van der Waals surface area contributed by atoms with Crippen LogP contribution in [0.1, 0.15) is 24.4 Å². The van der Waals surface area contributed by atoms with Gasteiger partial charge in [-0.15, -0.1) is 5.10 Å². The SMILES string of the molecule is COc1cccc(C(CNC(=O)Cn2nnc3ccccc3c2=O)N2CCCC2)c1. The average molecular weight is 407 g/mol. The second-order valence-corrected chi connectivity index (χ2v) is 7.41. The van der Waals surface area contributed by atoms with E-state index in [0.29, 0.717) is 17.4 Å². The van der Waals surface area contributed by atoms with Crippen LogP contribution in [0.4, 0.5) is 0 Å². The van der Waals surface area contributed by atoms with Crippen LogP contribution in [0.2, 0.25) is 0 Å². The van der Waals surface area contributed by atoms with E-state index in [1.807, 2.05) is 18.2 Å². The Morgan fingerprint density at radius 1 is 1.17 bits per heavy atom. The topological polar surface area (TPSA) is 89.3 Å². The fraction of sp³-hybridized carbons (Fsp3) is 0.364. The van der Waals surface area contributed by atoms with Crippen LogP contribution in [-0.4, -0.2) is 52.5 Å². The maximum Gasteiger partial charge on any atom is 0.278 e. The van der Waals surface area contributed by atoms with E-state index in [4.69, 9.17) is 4.74 Å². The molecule has 1 aromatic heterocycles. The van der Waals surface area contributed by atoms with E-state index in [-0.39, 0.29) is 24.1 Å². The van der Waals surface area contributed by atoms with Crippen molar-refractivity contribution < 1.29 is 9.53 Å². The molecule has 1 saturated heterocycles. The van der Waals surface area contributed by atoms with Gasteiger partial charge in [-0.25, -0.2) is 4.68 Å². The summed E-state index contributed by atoms with van der Waals surface area (Å²) in [4.78, 5) is 27.5. The number of nitrogens with zero attached hydrogens (tertiary/aromatic N) is 4. The lowest BCUT2D eigenvalue weighted by atomic mass is 10.0. The minimum Gasteiger partial charge on any atom is -0.497 e. The molecule has 1 aliphatic rings. The molecule has 0 aliphatic carbocycles. The number of ether oxygens (including phenoxy) is 1. The zero-order valence-electron chi connectivity index (χ0n) is 17.0. The summed E-state index contributed by atoms with van der Waals surface area (Å²) in [6, 6.07) is 15.0. The Morgan fingerprint density at radius 2 is 1.97 bits per heavy atom. The number of benzene rings is 2. The number of carbonyl (C=O) groups is 1. The number of likely N-dealkylation sites (tertiary alicyclic amines) is 1. The largest absolute Gasteiger partial charge is 0.497 e. The number of hydrogen-bond acceptors (Lipinski definition) is 6. The molecule has 1 amide bonds. The van der Waals surface area contributed by atoms with Crippen molar-refractivity contribution in [2.24, 2.45) is 0 Å². The Kier molecular flexibility index (Phi) is 6.04. The van der Waals surface area contributed by atoms with E-state index in [0.717, 1.165) is 41.9 Å². The molecule has 1 N–H and O–H groups in total. The Hall–Kier alpha value is -3.26. The van der Waals surface area contributed by atoms with Crippen molar-refractivity contribution >= 4 is 16.8 Å². The summed E-state index contributed by atoms with van der Waals surface area (Å²) < 4.78 is 6.47. The molecule has 1 fully saturated rings. The van der Waals surface area contributed by atoms with Gasteiger partial charge in [0.25, 0.3) is 5.56 Å². The van der Waals surface area contributed by atoms with Crippen molar-refractivity contribution in [1.29, 1.82) is 0 Å². The maximum absolute atomic E-state index is 12.6. The van der Waals surface area contributed by atoms with Gasteiger partial charge < -0.3 is 10.1 Å². The van der Waals surface area contributed by atoms with Crippen LogP contribution in [-0.2, 0) is 11.3 Å². The zero-order chi connectivity index (χ0) is 20.9. The lowest BCUT2D eigenvalue weighted by Gasteiger charge is -2.28. The van der Waals surface area contributed by atoms with E-state index in [9.17, 15) is 9.59 Å². The summed E-state index contributed by atoms with van der Waals surface area (Å²) >= 11 is 0. The molecule has 0 radical (unpaired) electrons. The monoisotopic (exact) mass is 407 g/mol. The smallest absolute Gasteiger partial charge is 0.278 e. The first-order chi connectivity index (χ1) is 14.7. The lowest BCUT2D eigenvalue weighted by molar-refractivity contribution is -0.122. The molecule has 3 aromatic rings. The summed E-state index contributed by atoms with van der Waals surface area (Å²) in [6.07, 6.45) is 2.30. The Morgan fingerprint density at radius 3 is 2.77 bits per heavy atom. The van der Waals surface area contributed by atoms with Crippen molar-refractivity contribution in [2.75, 3.05) is 26.7 Å². The third-order valence-electron chi connectivity index (χ3n) is 5.48. The van der Waals surface area contributed by atoms with Gasteiger partial charge in [0.05, 0.1) is 18.5 Å². The van der Waals surface area contributed by atoms with Gasteiger partial charge >= 0.3 is 0 Å². The van der Waals surface area contributed by atoms with Crippen molar-refractivity contribution in [3.63, 3.8) is 0 Å². The third-order valence-corrected chi connectivity index (χ3v) is 5.48. The molecule has 2 aromatic carbocycles. The van der Waals surface area contributed by atoms with Gasteiger partial charge in [-0.3, -0.25) is 14.5 Å². The molecule has 8 heteroatoms. The number of amides is 1. The first-order valence-corrected chi connectivity index (χ1v) is 10.1. The standard InChI is InChI=1S/C22H25N5O3/c1-30-17-8-6-7-16(13-17)20(26-11-4-5-12-26)14-23-21(28)15-27-22(29)18-9-2-3-10-19(18)24-25-27/h2-3,6-10,13,20H,4-5,11-12,14-15H2,1H3,(H,23,28). The molecule has 0 bridgehead atoms. The number of hydrogen-bond donors (Lipinski definition) is 1. The summed E-state index contributed by atoms with van der Waals surface area (Å²) in [7, 11) is 1.65. The first-order valence-electron chi connectivity index (χ1n) is 10.1. The van der Waals surface area contributed by atoms with Crippen LogP contribution in [0.5, 0.6) is 5.75 Å². The third kappa shape index (κ3) is 4.33. The number of aromatic nitrogens is 3. The molecule has 1 atom stereocenters. The Balaban J connectivity index is 1.47. The number of fused-ring (bicyclic) bond motifs is 1. The summed E-state index contributed by atoms with van der Waals surface area (Å²) in [5.41, 5.74) is 1.30. The number of methoxy groups -OCH3 is 1. The number of carbonyl (C=O) groups excluding carboxylic acids is 1. The van der Waals surface area contributed by atoms with E-state index in [1.54, 1.807) is 31.4 Å². The highest BCUT2D eigenvalue weighted by Crippen LogP contribution is 2.27. The van der Waals surface area contributed by atoms with E-state index < -0.39 is 0 Å². The lowest BCUT2D eigenvalue weighted by Crippen LogP contribution is -2.39. The second-order valence-electron chi connectivity index (χ2n) is 7.41. The summed E-state index contributed by atoms with van der Waals surface area (Å²) in [5.74, 6) is 0.523. The van der Waals surface area contributed by atoms with Gasteiger partial charge in [0, 0.05) is 6.54 Å². The van der Waals surface area contributed by atoms with Crippen molar-refractivity contribution in [1.82, 2.24) is 25.2 Å². The first kappa shape index (κ1) is 20.0. The molecule has 2 heterocycles. The van der Waals surface area contributed by atoms with Crippen LogP contribution in [0.3, 0.4) is 0 Å². The highest BCUT2D eigenvalue weighted by molar-refractivity contribution is 5.78. The highest BCUT2D eigenvalue weighted by atomic mass is 16.5. The molecule has 1 unspecified atom stereocenters. The predicted molar refractivity (Wildman–Crippen MR) is 113 cm³/mol. The Labute approximate surface area is 174 Å².